The molecule has 1 aliphatic carbocycles. The number of pyridine rings is 1. The highest BCUT2D eigenvalue weighted by atomic mass is 19.4. The lowest BCUT2D eigenvalue weighted by molar-refractivity contribution is -0.137. The highest BCUT2D eigenvalue weighted by molar-refractivity contribution is 6.42. The van der Waals surface area contributed by atoms with Crippen LogP contribution in [0, 0.1) is 11.3 Å². The Morgan fingerprint density at radius 1 is 1.11 bits per heavy atom. The van der Waals surface area contributed by atoms with Crippen LogP contribution in [0.5, 0.6) is 0 Å². The SMILES string of the molecule is CCC(C(=N)C(=O)C(NC(=O)C(C)NC)C1CCCCC1)c1cncc(-c2cccc(C(F)(F)F)c2)c1. The van der Waals surface area contributed by atoms with Crippen LogP contribution in [0.3, 0.4) is 0 Å². The zero-order valence-corrected chi connectivity index (χ0v) is 21.5. The van der Waals surface area contributed by atoms with Gasteiger partial charge in [-0.15, -0.1) is 0 Å². The van der Waals surface area contributed by atoms with Crippen molar-refractivity contribution >= 4 is 17.4 Å². The van der Waals surface area contributed by atoms with Crippen LogP contribution >= 0.6 is 0 Å². The fourth-order valence-corrected chi connectivity index (χ4v) is 4.90. The summed E-state index contributed by atoms with van der Waals surface area (Å²) < 4.78 is 39.7. The lowest BCUT2D eigenvalue weighted by atomic mass is 9.78. The maximum atomic E-state index is 13.7. The Labute approximate surface area is 216 Å². The van der Waals surface area contributed by atoms with Crippen LogP contribution in [-0.4, -0.2) is 41.5 Å². The molecule has 1 aliphatic rings. The second kappa shape index (κ2) is 12.4. The zero-order chi connectivity index (χ0) is 27.2. The van der Waals surface area contributed by atoms with Crippen LogP contribution in [-0.2, 0) is 15.8 Å². The zero-order valence-electron chi connectivity index (χ0n) is 21.5. The summed E-state index contributed by atoms with van der Waals surface area (Å²) in [5, 5.41) is 14.6. The molecular weight excluding hydrogens is 481 g/mol. The summed E-state index contributed by atoms with van der Waals surface area (Å²) in [5.41, 5.74) is 0.520. The van der Waals surface area contributed by atoms with Crippen molar-refractivity contribution in [2.24, 2.45) is 5.92 Å². The third kappa shape index (κ3) is 7.03. The molecule has 1 fully saturated rings. The summed E-state index contributed by atoms with van der Waals surface area (Å²) in [6.45, 7) is 3.56. The van der Waals surface area contributed by atoms with E-state index in [1.165, 1.54) is 12.3 Å². The third-order valence-corrected chi connectivity index (χ3v) is 7.23. The van der Waals surface area contributed by atoms with Gasteiger partial charge in [0.05, 0.1) is 23.4 Å². The van der Waals surface area contributed by atoms with Crippen molar-refractivity contribution in [2.75, 3.05) is 7.05 Å². The first-order valence-corrected chi connectivity index (χ1v) is 12.8. The van der Waals surface area contributed by atoms with Gasteiger partial charge in [-0.25, -0.2) is 0 Å². The minimum atomic E-state index is -4.47. The summed E-state index contributed by atoms with van der Waals surface area (Å²) in [7, 11) is 1.67. The molecule has 3 N–H and O–H groups in total. The Morgan fingerprint density at radius 2 is 1.81 bits per heavy atom. The predicted molar refractivity (Wildman–Crippen MR) is 137 cm³/mol. The monoisotopic (exact) mass is 516 g/mol. The summed E-state index contributed by atoms with van der Waals surface area (Å²) >= 11 is 0. The highest BCUT2D eigenvalue weighted by Crippen LogP contribution is 2.34. The molecule has 1 aromatic heterocycles. The first kappa shape index (κ1) is 28.5. The van der Waals surface area contributed by atoms with Gasteiger partial charge in [-0.2, -0.15) is 13.2 Å². The van der Waals surface area contributed by atoms with E-state index in [4.69, 9.17) is 5.41 Å². The molecule has 3 atom stereocenters. The predicted octanol–water partition coefficient (Wildman–Crippen LogP) is 5.52. The molecular formula is C28H35F3N4O2. The molecule has 1 aromatic carbocycles. The van der Waals surface area contributed by atoms with Crippen LogP contribution < -0.4 is 10.6 Å². The molecule has 0 radical (unpaired) electrons. The van der Waals surface area contributed by atoms with E-state index in [-0.39, 0.29) is 17.5 Å². The molecule has 6 nitrogen and oxygen atoms in total. The fourth-order valence-electron chi connectivity index (χ4n) is 4.90. The molecule has 0 saturated heterocycles. The number of benzene rings is 1. The number of nitrogens with zero attached hydrogens (tertiary/aromatic N) is 1. The van der Waals surface area contributed by atoms with Crippen LogP contribution in [0.1, 0.15) is 69.4 Å². The number of carbonyl (C=O) groups excluding carboxylic acids is 2. The van der Waals surface area contributed by atoms with E-state index in [0.29, 0.717) is 23.1 Å². The van der Waals surface area contributed by atoms with Gasteiger partial charge in [-0.1, -0.05) is 38.3 Å². The first-order valence-electron chi connectivity index (χ1n) is 12.8. The number of alkyl halides is 3. The minimum Gasteiger partial charge on any atom is -0.344 e. The third-order valence-electron chi connectivity index (χ3n) is 7.23. The smallest absolute Gasteiger partial charge is 0.344 e. The van der Waals surface area contributed by atoms with Crippen LogP contribution in [0.15, 0.2) is 42.7 Å². The molecule has 2 aromatic rings. The average Bonchev–Trinajstić information content (AvgIpc) is 2.91. The maximum absolute atomic E-state index is 13.7. The van der Waals surface area contributed by atoms with Crippen molar-refractivity contribution in [1.82, 2.24) is 15.6 Å². The molecule has 3 unspecified atom stereocenters. The topological polar surface area (TPSA) is 94.9 Å². The normalized spacial score (nSPS) is 17.0. The van der Waals surface area contributed by atoms with E-state index in [1.54, 1.807) is 32.3 Å². The summed E-state index contributed by atoms with van der Waals surface area (Å²) in [5.74, 6) is -1.35. The summed E-state index contributed by atoms with van der Waals surface area (Å²) in [6, 6.07) is 5.42. The number of halogens is 3. The Balaban J connectivity index is 1.89. The number of amides is 1. The number of aromatic nitrogens is 1. The van der Waals surface area contributed by atoms with Crippen molar-refractivity contribution < 1.29 is 22.8 Å². The van der Waals surface area contributed by atoms with Gasteiger partial charge in [0, 0.05) is 23.9 Å². The average molecular weight is 517 g/mol. The molecule has 37 heavy (non-hydrogen) atoms. The van der Waals surface area contributed by atoms with Crippen LogP contribution in [0.2, 0.25) is 0 Å². The number of Topliss-reactive ketones (excluding diaryl/α,β-unsaturated/α-hetero) is 1. The quantitative estimate of drug-likeness (QED) is 0.362. The molecule has 1 saturated carbocycles. The number of hydrogen-bond acceptors (Lipinski definition) is 5. The van der Waals surface area contributed by atoms with Crippen LogP contribution in [0.25, 0.3) is 11.1 Å². The second-order valence-corrected chi connectivity index (χ2v) is 9.72. The molecule has 0 aliphatic heterocycles. The Bertz CT molecular complexity index is 1110. The van der Waals surface area contributed by atoms with Crippen LogP contribution in [0.4, 0.5) is 13.2 Å². The fraction of sp³-hybridized carbons (Fsp3) is 0.500. The van der Waals surface area contributed by atoms with Crippen molar-refractivity contribution in [3.63, 3.8) is 0 Å². The summed E-state index contributed by atoms with van der Waals surface area (Å²) in [4.78, 5) is 30.6. The standard InChI is InChI=1S/C28H35F3N4O2/c1-4-23(21-13-20(15-34-16-21)19-11-8-12-22(14-19)28(29,30)31)24(32)26(36)25(18-9-6-5-7-10-18)35-27(37)17(2)33-3/h8,11-18,23,25,32-33H,4-7,9-10H2,1-3H3,(H,35,37). The first-order chi connectivity index (χ1) is 17.6. The van der Waals surface area contributed by atoms with E-state index in [2.05, 4.69) is 15.6 Å². The number of ketones is 1. The van der Waals surface area contributed by atoms with Gasteiger partial charge >= 0.3 is 6.18 Å². The molecule has 0 spiro atoms. The number of nitrogens with one attached hydrogen (secondary N) is 3. The van der Waals surface area contributed by atoms with Gasteiger partial charge in [0.25, 0.3) is 0 Å². The number of hydrogen-bond donors (Lipinski definition) is 3. The minimum absolute atomic E-state index is 0.0401. The van der Waals surface area contributed by atoms with E-state index in [1.807, 2.05) is 6.92 Å². The number of likely N-dealkylation sites (N-methyl/N-ethyl adjacent to an activating group) is 1. The van der Waals surface area contributed by atoms with Gasteiger partial charge in [0.15, 0.2) is 5.78 Å². The molecule has 0 bridgehead atoms. The van der Waals surface area contributed by atoms with E-state index >= 15 is 0 Å². The van der Waals surface area contributed by atoms with Gasteiger partial charge in [0.1, 0.15) is 0 Å². The van der Waals surface area contributed by atoms with Crippen molar-refractivity contribution in [2.45, 2.75) is 76.6 Å². The lowest BCUT2D eigenvalue weighted by Gasteiger charge is -2.32. The van der Waals surface area contributed by atoms with E-state index < -0.39 is 35.5 Å². The Morgan fingerprint density at radius 3 is 2.43 bits per heavy atom. The van der Waals surface area contributed by atoms with Crippen molar-refractivity contribution in [3.05, 3.63) is 53.9 Å². The maximum Gasteiger partial charge on any atom is 0.416 e. The molecule has 3 rings (SSSR count). The number of rotatable bonds is 10. The second-order valence-electron chi connectivity index (χ2n) is 9.72. The van der Waals surface area contributed by atoms with Gasteiger partial charge in [-0.3, -0.25) is 14.6 Å². The lowest BCUT2D eigenvalue weighted by Crippen LogP contribution is -2.53. The molecule has 9 heteroatoms. The van der Waals surface area contributed by atoms with Gasteiger partial charge in [-0.05, 0) is 68.5 Å². The summed E-state index contributed by atoms with van der Waals surface area (Å²) in [6.07, 6.45) is 3.62. The van der Waals surface area contributed by atoms with E-state index in [9.17, 15) is 22.8 Å². The Hall–Kier alpha value is -3.07. The highest BCUT2D eigenvalue weighted by Gasteiger charge is 2.36. The van der Waals surface area contributed by atoms with Gasteiger partial charge in [0.2, 0.25) is 5.91 Å². The van der Waals surface area contributed by atoms with Crippen molar-refractivity contribution in [1.29, 1.82) is 5.41 Å². The van der Waals surface area contributed by atoms with Crippen molar-refractivity contribution in [3.8, 4) is 11.1 Å². The largest absolute Gasteiger partial charge is 0.416 e. The Kier molecular flexibility index (Phi) is 9.59. The van der Waals surface area contributed by atoms with E-state index in [0.717, 1.165) is 44.2 Å². The molecule has 200 valence electrons. The molecule has 1 heterocycles. The van der Waals surface area contributed by atoms with Gasteiger partial charge < -0.3 is 16.0 Å². The number of carbonyl (C=O) groups is 2. The molecule has 1 amide bonds.